The maximum Gasteiger partial charge on any atom is 0.264 e. The number of ether oxygens (including phenoxy) is 2. The van der Waals surface area contributed by atoms with Crippen LogP contribution in [-0.2, 0) is 32.6 Å². The average molecular weight is 727 g/mol. The number of halogens is 2. The Morgan fingerprint density at radius 2 is 1.51 bits per heavy atom. The molecule has 0 unspecified atom stereocenters. The van der Waals surface area contributed by atoms with Gasteiger partial charge in [0.05, 0.1) is 34.8 Å². The van der Waals surface area contributed by atoms with Crippen LogP contribution in [0.5, 0.6) is 11.5 Å². The van der Waals surface area contributed by atoms with Crippen LogP contribution in [0.4, 0.5) is 5.69 Å². The molecule has 0 saturated carbocycles. The number of aryl methyl sites for hydroxylation is 1. The largest absolute Gasteiger partial charge is 0.493 e. The number of carbonyl (C=O) groups excluding carboxylic acids is 2. The van der Waals surface area contributed by atoms with E-state index in [1.54, 1.807) is 42.5 Å². The van der Waals surface area contributed by atoms with Crippen LogP contribution >= 0.6 is 23.2 Å². The van der Waals surface area contributed by atoms with Crippen LogP contribution in [0.2, 0.25) is 10.0 Å². The molecule has 2 amide bonds. The smallest absolute Gasteiger partial charge is 0.264 e. The van der Waals surface area contributed by atoms with E-state index in [0.717, 1.165) is 15.4 Å². The van der Waals surface area contributed by atoms with Crippen molar-refractivity contribution < 1.29 is 27.5 Å². The van der Waals surface area contributed by atoms with Crippen LogP contribution in [0.3, 0.4) is 0 Å². The van der Waals surface area contributed by atoms with Gasteiger partial charge in [-0.05, 0) is 67.8 Å². The Kier molecular flexibility index (Phi) is 13.0. The van der Waals surface area contributed by atoms with Gasteiger partial charge < -0.3 is 19.7 Å². The predicted molar refractivity (Wildman–Crippen MR) is 194 cm³/mol. The van der Waals surface area contributed by atoms with E-state index in [1.807, 2.05) is 51.1 Å². The molecule has 4 aromatic rings. The molecule has 4 aromatic carbocycles. The second kappa shape index (κ2) is 16.9. The van der Waals surface area contributed by atoms with Gasteiger partial charge in [-0.25, -0.2) is 8.42 Å². The van der Waals surface area contributed by atoms with Gasteiger partial charge in [0.25, 0.3) is 10.0 Å². The molecule has 0 aliphatic heterocycles. The molecule has 4 rings (SSSR count). The van der Waals surface area contributed by atoms with Crippen LogP contribution < -0.4 is 19.1 Å². The molecule has 0 aromatic heterocycles. The number of amides is 2. The Labute approximate surface area is 298 Å². The van der Waals surface area contributed by atoms with E-state index in [0.29, 0.717) is 22.8 Å². The number of nitrogens with zero attached hydrogens (tertiary/aromatic N) is 2. The Bertz CT molecular complexity index is 1860. The lowest BCUT2D eigenvalue weighted by molar-refractivity contribution is -0.140. The summed E-state index contributed by atoms with van der Waals surface area (Å²) in [5.41, 5.74) is 2.47. The van der Waals surface area contributed by atoms with E-state index < -0.39 is 28.5 Å². The summed E-state index contributed by atoms with van der Waals surface area (Å²) >= 11 is 12.6. The number of rotatable bonds is 15. The summed E-state index contributed by atoms with van der Waals surface area (Å²) in [6.45, 7) is 5.01. The van der Waals surface area contributed by atoms with Crippen LogP contribution in [-0.4, -0.2) is 58.0 Å². The van der Waals surface area contributed by atoms with Crippen LogP contribution in [0, 0.1) is 6.92 Å². The maximum absolute atomic E-state index is 14.7. The fourth-order valence-electron chi connectivity index (χ4n) is 5.18. The molecular weight excluding hydrogens is 685 g/mol. The first-order valence-electron chi connectivity index (χ1n) is 15.8. The zero-order chi connectivity index (χ0) is 35.7. The molecule has 49 heavy (non-hydrogen) atoms. The monoisotopic (exact) mass is 725 g/mol. The molecule has 0 heterocycles. The van der Waals surface area contributed by atoms with Crippen molar-refractivity contribution in [3.63, 3.8) is 0 Å². The highest BCUT2D eigenvalue weighted by atomic mass is 35.5. The standard InChI is InChI=1S/C37H41Cl2N3O6S/c1-6-26(3)40-37(44)33(21-27-10-8-7-9-11-27)41(23-28-14-18-31(38)32(39)20-28)36(43)24-42(29-15-19-34(47-4)35(22-29)48-5)49(45,46)30-16-12-25(2)13-17-30/h7-20,22,26,33H,6,21,23-24H2,1-5H3,(H,40,44)/t26-,33+/m0/s1. The predicted octanol–water partition coefficient (Wildman–Crippen LogP) is 7.07. The molecule has 0 bridgehead atoms. The molecule has 0 aliphatic rings. The first kappa shape index (κ1) is 37.6. The highest BCUT2D eigenvalue weighted by molar-refractivity contribution is 7.92. The molecule has 9 nitrogen and oxygen atoms in total. The Hall–Kier alpha value is -4.25. The summed E-state index contributed by atoms with van der Waals surface area (Å²) in [6.07, 6.45) is 0.851. The molecule has 0 spiro atoms. The quantitative estimate of drug-likeness (QED) is 0.141. The van der Waals surface area contributed by atoms with E-state index in [4.69, 9.17) is 32.7 Å². The van der Waals surface area contributed by atoms with E-state index >= 15 is 0 Å². The number of nitrogens with one attached hydrogen (secondary N) is 1. The van der Waals surface area contributed by atoms with E-state index in [2.05, 4.69) is 5.32 Å². The number of methoxy groups -OCH3 is 2. The number of sulfonamides is 1. The molecule has 1 N–H and O–H groups in total. The van der Waals surface area contributed by atoms with Gasteiger partial charge in [-0.3, -0.25) is 13.9 Å². The topological polar surface area (TPSA) is 105 Å². The summed E-state index contributed by atoms with van der Waals surface area (Å²) in [7, 11) is -1.40. The van der Waals surface area contributed by atoms with Crippen molar-refractivity contribution in [2.24, 2.45) is 0 Å². The average Bonchev–Trinajstić information content (AvgIpc) is 3.10. The molecule has 2 atom stereocenters. The highest BCUT2D eigenvalue weighted by Gasteiger charge is 2.35. The number of benzene rings is 4. The third-order valence-electron chi connectivity index (χ3n) is 8.15. The van der Waals surface area contributed by atoms with Crippen molar-refractivity contribution in [3.05, 3.63) is 118 Å². The van der Waals surface area contributed by atoms with Gasteiger partial charge >= 0.3 is 0 Å². The third kappa shape index (κ3) is 9.47. The number of hydrogen-bond acceptors (Lipinski definition) is 6. The van der Waals surface area contributed by atoms with Gasteiger partial charge in [-0.15, -0.1) is 0 Å². The number of carbonyl (C=O) groups is 2. The summed E-state index contributed by atoms with van der Waals surface area (Å²) in [5.74, 6) is -0.322. The van der Waals surface area contributed by atoms with E-state index in [-0.39, 0.29) is 46.3 Å². The second-order valence-corrected chi connectivity index (χ2v) is 14.3. The number of anilines is 1. The van der Waals surface area contributed by atoms with Crippen LogP contribution in [0.25, 0.3) is 0 Å². The van der Waals surface area contributed by atoms with Gasteiger partial charge in [0, 0.05) is 25.1 Å². The second-order valence-electron chi connectivity index (χ2n) is 11.7. The molecule has 0 saturated heterocycles. The van der Waals surface area contributed by atoms with Crippen LogP contribution in [0.1, 0.15) is 37.0 Å². The van der Waals surface area contributed by atoms with Crippen molar-refractivity contribution in [2.45, 2.75) is 57.1 Å². The molecule has 0 radical (unpaired) electrons. The lowest BCUT2D eigenvalue weighted by atomic mass is 10.0. The molecule has 0 fully saturated rings. The van der Waals surface area contributed by atoms with Crippen molar-refractivity contribution in [1.82, 2.24) is 10.2 Å². The minimum absolute atomic E-state index is 0.00735. The summed E-state index contributed by atoms with van der Waals surface area (Å²) in [6, 6.07) is 24.1. The van der Waals surface area contributed by atoms with E-state index in [1.165, 1.54) is 37.3 Å². The third-order valence-corrected chi connectivity index (χ3v) is 10.7. The summed E-state index contributed by atoms with van der Waals surface area (Å²) < 4.78 is 40.6. The van der Waals surface area contributed by atoms with Gasteiger partial charge in [-0.1, -0.05) is 84.2 Å². The minimum Gasteiger partial charge on any atom is -0.493 e. The lowest BCUT2D eigenvalue weighted by Gasteiger charge is -2.34. The van der Waals surface area contributed by atoms with Crippen molar-refractivity contribution in [2.75, 3.05) is 25.1 Å². The van der Waals surface area contributed by atoms with Gasteiger partial charge in [0.15, 0.2) is 11.5 Å². The molecule has 260 valence electrons. The van der Waals surface area contributed by atoms with E-state index in [9.17, 15) is 18.0 Å². The Balaban J connectivity index is 1.86. The fraction of sp³-hybridized carbons (Fsp3) is 0.297. The van der Waals surface area contributed by atoms with Gasteiger partial charge in [0.1, 0.15) is 12.6 Å². The van der Waals surface area contributed by atoms with Gasteiger partial charge in [0.2, 0.25) is 11.8 Å². The number of hydrogen-bond donors (Lipinski definition) is 1. The first-order chi connectivity index (χ1) is 23.4. The fourth-order valence-corrected chi connectivity index (χ4v) is 6.90. The normalized spacial score (nSPS) is 12.5. The molecule has 0 aliphatic carbocycles. The molecular formula is C37H41Cl2N3O6S. The SMILES string of the molecule is CC[C@H](C)NC(=O)[C@@H](Cc1ccccc1)N(Cc1ccc(Cl)c(Cl)c1)C(=O)CN(c1ccc(OC)c(OC)c1)S(=O)(=O)c1ccc(C)cc1. The Morgan fingerprint density at radius 3 is 2.12 bits per heavy atom. The summed E-state index contributed by atoms with van der Waals surface area (Å²) in [5, 5.41) is 3.64. The zero-order valence-corrected chi connectivity index (χ0v) is 30.5. The maximum atomic E-state index is 14.7. The first-order valence-corrected chi connectivity index (χ1v) is 18.0. The van der Waals surface area contributed by atoms with Crippen molar-refractivity contribution in [3.8, 4) is 11.5 Å². The zero-order valence-electron chi connectivity index (χ0n) is 28.2. The summed E-state index contributed by atoms with van der Waals surface area (Å²) in [4.78, 5) is 30.1. The minimum atomic E-state index is -4.31. The lowest BCUT2D eigenvalue weighted by Crippen LogP contribution is -2.54. The van der Waals surface area contributed by atoms with Crippen molar-refractivity contribution in [1.29, 1.82) is 0 Å². The van der Waals surface area contributed by atoms with Gasteiger partial charge in [-0.2, -0.15) is 0 Å². The highest BCUT2D eigenvalue weighted by Crippen LogP contribution is 2.34. The Morgan fingerprint density at radius 1 is 0.837 bits per heavy atom. The van der Waals surface area contributed by atoms with Crippen molar-refractivity contribution >= 4 is 50.7 Å². The molecule has 12 heteroatoms. The van der Waals surface area contributed by atoms with Crippen LogP contribution in [0.15, 0.2) is 95.9 Å².